The summed E-state index contributed by atoms with van der Waals surface area (Å²) in [6.45, 7) is 8.66. The molecule has 0 radical (unpaired) electrons. The smallest absolute Gasteiger partial charge is 0.231 e. The number of hydrogen-bond acceptors (Lipinski definition) is 5. The van der Waals surface area contributed by atoms with Crippen LogP contribution in [0.15, 0.2) is 55.1 Å². The van der Waals surface area contributed by atoms with Crippen LogP contribution in [0.3, 0.4) is 0 Å². The summed E-state index contributed by atoms with van der Waals surface area (Å²) < 4.78 is 16.3. The standard InChI is InChI=1S/C22H27NO4/c1-3-10-25-15-20(24)14-23(12-18-6-4-17(2)5-7-18)13-19-8-9-21-22(11-19)27-16-26-21/h3-9,11,20,24H,1,10,12-16H2,2H3/t20-/m1/s1. The van der Waals surface area contributed by atoms with E-state index < -0.39 is 6.10 Å². The molecule has 0 bridgehead atoms. The molecular weight excluding hydrogens is 342 g/mol. The lowest BCUT2D eigenvalue weighted by atomic mass is 10.1. The maximum Gasteiger partial charge on any atom is 0.231 e. The van der Waals surface area contributed by atoms with Gasteiger partial charge in [0.1, 0.15) is 0 Å². The second kappa shape index (κ2) is 9.55. The van der Waals surface area contributed by atoms with E-state index in [0.29, 0.717) is 19.7 Å². The summed E-state index contributed by atoms with van der Waals surface area (Å²) in [4.78, 5) is 2.21. The molecule has 144 valence electrons. The van der Waals surface area contributed by atoms with Crippen LogP contribution in [0.25, 0.3) is 0 Å². The monoisotopic (exact) mass is 369 g/mol. The van der Waals surface area contributed by atoms with Gasteiger partial charge in [0.25, 0.3) is 0 Å². The molecule has 0 aliphatic carbocycles. The van der Waals surface area contributed by atoms with Crippen molar-refractivity contribution in [3.8, 4) is 11.5 Å². The van der Waals surface area contributed by atoms with Gasteiger partial charge in [-0.05, 0) is 30.2 Å². The van der Waals surface area contributed by atoms with E-state index in [9.17, 15) is 5.11 Å². The van der Waals surface area contributed by atoms with Gasteiger partial charge in [0.15, 0.2) is 11.5 Å². The van der Waals surface area contributed by atoms with Gasteiger partial charge < -0.3 is 19.3 Å². The lowest BCUT2D eigenvalue weighted by molar-refractivity contribution is 0.0228. The van der Waals surface area contributed by atoms with E-state index in [1.807, 2.05) is 18.2 Å². The highest BCUT2D eigenvalue weighted by atomic mass is 16.7. The highest BCUT2D eigenvalue weighted by molar-refractivity contribution is 5.44. The molecule has 1 atom stereocenters. The van der Waals surface area contributed by atoms with Crippen LogP contribution in [0.5, 0.6) is 11.5 Å². The van der Waals surface area contributed by atoms with Gasteiger partial charge in [0.2, 0.25) is 6.79 Å². The second-order valence-corrected chi connectivity index (χ2v) is 6.82. The van der Waals surface area contributed by atoms with Gasteiger partial charge in [0.05, 0.1) is 19.3 Å². The molecular formula is C22H27NO4. The van der Waals surface area contributed by atoms with Crippen molar-refractivity contribution in [2.24, 2.45) is 0 Å². The summed E-state index contributed by atoms with van der Waals surface area (Å²) in [7, 11) is 0. The van der Waals surface area contributed by atoms with Crippen LogP contribution >= 0.6 is 0 Å². The Hall–Kier alpha value is -2.34. The Balaban J connectivity index is 1.68. The zero-order valence-corrected chi connectivity index (χ0v) is 15.8. The molecule has 0 amide bonds. The molecule has 1 aliphatic rings. The Morgan fingerprint density at radius 3 is 2.59 bits per heavy atom. The first kappa shape index (κ1) is 19.4. The molecule has 5 nitrogen and oxygen atoms in total. The van der Waals surface area contributed by atoms with E-state index in [0.717, 1.165) is 23.6 Å². The van der Waals surface area contributed by atoms with Crippen LogP contribution in [0.1, 0.15) is 16.7 Å². The quantitative estimate of drug-likeness (QED) is 0.514. The number of aliphatic hydroxyl groups is 1. The van der Waals surface area contributed by atoms with Crippen molar-refractivity contribution in [1.29, 1.82) is 0 Å². The molecule has 0 fully saturated rings. The molecule has 1 heterocycles. The number of ether oxygens (including phenoxy) is 3. The molecule has 0 aromatic heterocycles. The third kappa shape index (κ3) is 5.82. The van der Waals surface area contributed by atoms with Gasteiger partial charge in [0, 0.05) is 19.6 Å². The van der Waals surface area contributed by atoms with Crippen molar-refractivity contribution in [2.45, 2.75) is 26.1 Å². The highest BCUT2D eigenvalue weighted by Gasteiger charge is 2.17. The lowest BCUT2D eigenvalue weighted by Gasteiger charge is -2.25. The predicted molar refractivity (Wildman–Crippen MR) is 105 cm³/mol. The maximum absolute atomic E-state index is 10.4. The minimum atomic E-state index is -0.565. The number of fused-ring (bicyclic) bond motifs is 1. The molecule has 2 aromatic carbocycles. The van der Waals surface area contributed by atoms with Gasteiger partial charge in [-0.2, -0.15) is 0 Å². The molecule has 1 aliphatic heterocycles. The first-order chi connectivity index (χ1) is 13.1. The van der Waals surface area contributed by atoms with Crippen molar-refractivity contribution < 1.29 is 19.3 Å². The number of hydrogen-bond donors (Lipinski definition) is 1. The van der Waals surface area contributed by atoms with Crippen LogP contribution in [0.2, 0.25) is 0 Å². The molecule has 0 spiro atoms. The topological polar surface area (TPSA) is 51.2 Å². The van der Waals surface area contributed by atoms with Crippen LogP contribution in [0.4, 0.5) is 0 Å². The largest absolute Gasteiger partial charge is 0.454 e. The van der Waals surface area contributed by atoms with Crippen LogP contribution in [0, 0.1) is 6.92 Å². The predicted octanol–water partition coefficient (Wildman–Crippen LogP) is 3.29. The Kier molecular flexibility index (Phi) is 6.87. The molecule has 0 saturated heterocycles. The van der Waals surface area contributed by atoms with Crippen LogP contribution < -0.4 is 9.47 Å². The van der Waals surface area contributed by atoms with Gasteiger partial charge in [-0.15, -0.1) is 6.58 Å². The number of benzene rings is 2. The van der Waals surface area contributed by atoms with Crippen molar-refractivity contribution in [1.82, 2.24) is 4.90 Å². The van der Waals surface area contributed by atoms with Crippen LogP contribution in [-0.4, -0.2) is 42.7 Å². The molecule has 0 unspecified atom stereocenters. The maximum atomic E-state index is 10.4. The van der Waals surface area contributed by atoms with E-state index in [1.54, 1.807) is 6.08 Å². The Labute approximate surface area is 160 Å². The average Bonchev–Trinajstić information content (AvgIpc) is 3.11. The van der Waals surface area contributed by atoms with Gasteiger partial charge in [-0.25, -0.2) is 0 Å². The van der Waals surface area contributed by atoms with E-state index in [2.05, 4.69) is 42.7 Å². The summed E-state index contributed by atoms with van der Waals surface area (Å²) >= 11 is 0. The van der Waals surface area contributed by atoms with Crippen LogP contribution in [-0.2, 0) is 17.8 Å². The Morgan fingerprint density at radius 1 is 1.11 bits per heavy atom. The van der Waals surface area contributed by atoms with Crippen molar-refractivity contribution in [2.75, 3.05) is 26.6 Å². The first-order valence-corrected chi connectivity index (χ1v) is 9.17. The number of rotatable bonds is 10. The van der Waals surface area contributed by atoms with E-state index in [1.165, 1.54) is 11.1 Å². The fourth-order valence-corrected chi connectivity index (χ4v) is 3.07. The van der Waals surface area contributed by atoms with E-state index in [-0.39, 0.29) is 13.4 Å². The van der Waals surface area contributed by atoms with Crippen molar-refractivity contribution in [3.63, 3.8) is 0 Å². The first-order valence-electron chi connectivity index (χ1n) is 9.17. The van der Waals surface area contributed by atoms with E-state index >= 15 is 0 Å². The SMILES string of the molecule is C=CCOC[C@H](O)CN(Cc1ccc(C)cc1)Cc1ccc2c(c1)OCO2. The number of nitrogens with zero attached hydrogens (tertiary/aromatic N) is 1. The fourth-order valence-electron chi connectivity index (χ4n) is 3.07. The van der Waals surface area contributed by atoms with Gasteiger partial charge >= 0.3 is 0 Å². The second-order valence-electron chi connectivity index (χ2n) is 6.82. The minimum Gasteiger partial charge on any atom is -0.454 e. The summed E-state index contributed by atoms with van der Waals surface area (Å²) in [5.74, 6) is 1.55. The van der Waals surface area contributed by atoms with Crippen molar-refractivity contribution in [3.05, 3.63) is 71.8 Å². The molecule has 3 rings (SSSR count). The average molecular weight is 369 g/mol. The Morgan fingerprint density at radius 2 is 1.81 bits per heavy atom. The molecule has 27 heavy (non-hydrogen) atoms. The molecule has 1 N–H and O–H groups in total. The van der Waals surface area contributed by atoms with Gasteiger partial charge in [-0.1, -0.05) is 42.0 Å². The summed E-state index contributed by atoms with van der Waals surface area (Å²) in [6, 6.07) is 14.5. The lowest BCUT2D eigenvalue weighted by Crippen LogP contribution is -2.34. The Bertz CT molecular complexity index is 744. The number of aryl methyl sites for hydroxylation is 1. The molecule has 5 heteroatoms. The zero-order chi connectivity index (χ0) is 19.1. The minimum absolute atomic E-state index is 0.269. The van der Waals surface area contributed by atoms with Crippen molar-refractivity contribution >= 4 is 0 Å². The zero-order valence-electron chi connectivity index (χ0n) is 15.8. The van der Waals surface area contributed by atoms with Gasteiger partial charge in [-0.3, -0.25) is 4.90 Å². The third-order valence-electron chi connectivity index (χ3n) is 4.38. The normalized spacial score (nSPS) is 13.7. The molecule has 0 saturated carbocycles. The summed E-state index contributed by atoms with van der Waals surface area (Å²) in [5.41, 5.74) is 3.56. The third-order valence-corrected chi connectivity index (χ3v) is 4.38. The molecule has 2 aromatic rings. The number of aliphatic hydroxyl groups excluding tert-OH is 1. The summed E-state index contributed by atoms with van der Waals surface area (Å²) in [5, 5.41) is 10.4. The summed E-state index contributed by atoms with van der Waals surface area (Å²) in [6.07, 6.45) is 1.12. The van der Waals surface area contributed by atoms with E-state index in [4.69, 9.17) is 14.2 Å². The fraction of sp³-hybridized carbons (Fsp3) is 0.364. The highest BCUT2D eigenvalue weighted by Crippen LogP contribution is 2.32.